The molecule has 9 heteroatoms. The van der Waals surface area contributed by atoms with Gasteiger partial charge in [-0.25, -0.2) is 8.42 Å². The summed E-state index contributed by atoms with van der Waals surface area (Å²) in [5.41, 5.74) is 5.65. The Hall–Kier alpha value is -1.52. The van der Waals surface area contributed by atoms with E-state index in [1.54, 1.807) is 18.2 Å². The van der Waals surface area contributed by atoms with E-state index in [-0.39, 0.29) is 10.8 Å². The lowest BCUT2D eigenvalue weighted by Crippen LogP contribution is -2.54. The summed E-state index contributed by atoms with van der Waals surface area (Å²) >= 11 is 0. The van der Waals surface area contributed by atoms with Crippen molar-refractivity contribution in [2.24, 2.45) is 5.73 Å². The Labute approximate surface area is 160 Å². The summed E-state index contributed by atoms with van der Waals surface area (Å²) in [5, 5.41) is 2.78. The van der Waals surface area contributed by atoms with Crippen LogP contribution in [-0.2, 0) is 19.6 Å². The molecule has 0 bridgehead atoms. The number of rotatable bonds is 4. The third-order valence-electron chi connectivity index (χ3n) is 5.25. The second-order valence-electron chi connectivity index (χ2n) is 7.31. The standard InChI is InChI=1S/C18H28N4O4S/c1-21-8-3-9-22(11-10-21)27(24,25)16-5-2-4-15(14-16)20-17(23)18(19)6-12-26-13-7-18/h2,4-5,14H,3,6-13,19H2,1H3,(H,20,23). The lowest BCUT2D eigenvalue weighted by atomic mass is 9.90. The van der Waals surface area contributed by atoms with E-state index < -0.39 is 15.6 Å². The first-order valence-corrected chi connectivity index (χ1v) is 10.7. The van der Waals surface area contributed by atoms with Gasteiger partial charge in [0.1, 0.15) is 5.54 Å². The van der Waals surface area contributed by atoms with Gasteiger partial charge in [0.2, 0.25) is 15.9 Å². The molecule has 2 heterocycles. The van der Waals surface area contributed by atoms with E-state index in [1.165, 1.54) is 10.4 Å². The predicted molar refractivity (Wildman–Crippen MR) is 103 cm³/mol. The zero-order chi connectivity index (χ0) is 19.5. The summed E-state index contributed by atoms with van der Waals surface area (Å²) in [6.45, 7) is 3.43. The summed E-state index contributed by atoms with van der Waals surface area (Å²) in [7, 11) is -1.61. The van der Waals surface area contributed by atoms with Gasteiger partial charge in [-0.05, 0) is 51.1 Å². The minimum Gasteiger partial charge on any atom is -0.381 e. The fourth-order valence-electron chi connectivity index (χ4n) is 3.36. The van der Waals surface area contributed by atoms with Crippen LogP contribution in [0.2, 0.25) is 0 Å². The number of nitrogens with one attached hydrogen (secondary N) is 1. The van der Waals surface area contributed by atoms with Crippen molar-refractivity contribution in [1.82, 2.24) is 9.21 Å². The van der Waals surface area contributed by atoms with Crippen LogP contribution < -0.4 is 11.1 Å². The Morgan fingerprint density at radius 1 is 1.19 bits per heavy atom. The molecule has 2 aliphatic heterocycles. The average molecular weight is 397 g/mol. The van der Waals surface area contributed by atoms with Gasteiger partial charge in [-0.15, -0.1) is 0 Å². The second kappa shape index (κ2) is 8.24. The third-order valence-corrected chi connectivity index (χ3v) is 7.14. The Morgan fingerprint density at radius 2 is 1.93 bits per heavy atom. The van der Waals surface area contributed by atoms with Crippen LogP contribution in [0, 0.1) is 0 Å². The minimum absolute atomic E-state index is 0.183. The maximum atomic E-state index is 13.0. The lowest BCUT2D eigenvalue weighted by Gasteiger charge is -2.31. The molecular formula is C18H28N4O4S. The normalized spacial score (nSPS) is 22.1. The molecule has 27 heavy (non-hydrogen) atoms. The Bertz CT molecular complexity index is 777. The highest BCUT2D eigenvalue weighted by Gasteiger charge is 2.36. The number of likely N-dealkylation sites (N-methyl/N-ethyl adjacent to an activating group) is 1. The van der Waals surface area contributed by atoms with Gasteiger partial charge in [0.25, 0.3) is 0 Å². The molecule has 2 aliphatic rings. The van der Waals surface area contributed by atoms with E-state index in [1.807, 2.05) is 7.05 Å². The molecule has 0 atom stereocenters. The zero-order valence-corrected chi connectivity index (χ0v) is 16.5. The number of carbonyl (C=O) groups excluding carboxylic acids is 1. The van der Waals surface area contributed by atoms with Crippen LogP contribution in [0.3, 0.4) is 0 Å². The molecular weight excluding hydrogens is 368 g/mol. The van der Waals surface area contributed by atoms with E-state index in [0.29, 0.717) is 51.4 Å². The van der Waals surface area contributed by atoms with Crippen LogP contribution in [0.4, 0.5) is 5.69 Å². The fraction of sp³-hybridized carbons (Fsp3) is 0.611. The van der Waals surface area contributed by atoms with E-state index in [2.05, 4.69) is 10.2 Å². The molecule has 2 fully saturated rings. The van der Waals surface area contributed by atoms with Crippen molar-refractivity contribution in [1.29, 1.82) is 0 Å². The molecule has 0 aliphatic carbocycles. The van der Waals surface area contributed by atoms with Crippen molar-refractivity contribution in [2.75, 3.05) is 51.8 Å². The van der Waals surface area contributed by atoms with Gasteiger partial charge in [0.15, 0.2) is 0 Å². The molecule has 8 nitrogen and oxygen atoms in total. The van der Waals surface area contributed by atoms with E-state index in [4.69, 9.17) is 10.5 Å². The largest absolute Gasteiger partial charge is 0.381 e. The molecule has 3 rings (SSSR count). The quantitative estimate of drug-likeness (QED) is 0.766. The number of benzene rings is 1. The molecule has 0 unspecified atom stereocenters. The van der Waals surface area contributed by atoms with Crippen molar-refractivity contribution < 1.29 is 17.9 Å². The molecule has 0 spiro atoms. The van der Waals surface area contributed by atoms with E-state index in [0.717, 1.165) is 13.0 Å². The molecule has 0 saturated carbocycles. The number of nitrogens with two attached hydrogens (primary N) is 1. The Kier molecular flexibility index (Phi) is 6.17. The number of anilines is 1. The van der Waals surface area contributed by atoms with Crippen molar-refractivity contribution in [2.45, 2.75) is 29.7 Å². The molecule has 150 valence electrons. The summed E-state index contributed by atoms with van der Waals surface area (Å²) in [4.78, 5) is 14.9. The van der Waals surface area contributed by atoms with Crippen LogP contribution in [0.25, 0.3) is 0 Å². The first kappa shape index (κ1) is 20.2. The Balaban J connectivity index is 1.75. The predicted octanol–water partition coefficient (Wildman–Crippen LogP) is 0.459. The highest BCUT2D eigenvalue weighted by molar-refractivity contribution is 7.89. The topological polar surface area (TPSA) is 105 Å². The molecule has 1 aromatic rings. The fourth-order valence-corrected chi connectivity index (χ4v) is 4.88. The number of amides is 1. The molecule has 2 saturated heterocycles. The minimum atomic E-state index is -3.60. The van der Waals surface area contributed by atoms with Crippen LogP contribution in [-0.4, -0.2) is 75.5 Å². The summed E-state index contributed by atoms with van der Waals surface area (Å²) < 4.78 is 32.8. The van der Waals surface area contributed by atoms with E-state index in [9.17, 15) is 13.2 Å². The maximum Gasteiger partial charge on any atom is 0.244 e. The monoisotopic (exact) mass is 396 g/mol. The van der Waals surface area contributed by atoms with Crippen molar-refractivity contribution in [3.8, 4) is 0 Å². The van der Waals surface area contributed by atoms with Crippen LogP contribution in [0.15, 0.2) is 29.2 Å². The van der Waals surface area contributed by atoms with Gasteiger partial charge >= 0.3 is 0 Å². The average Bonchev–Trinajstić information content (AvgIpc) is 2.87. The third kappa shape index (κ3) is 4.67. The SMILES string of the molecule is CN1CCCN(S(=O)(=O)c2cccc(NC(=O)C3(N)CCOCC3)c2)CC1. The number of ether oxygens (including phenoxy) is 1. The summed E-state index contributed by atoms with van der Waals surface area (Å²) in [6.07, 6.45) is 1.68. The van der Waals surface area contributed by atoms with Crippen LogP contribution >= 0.6 is 0 Å². The summed E-state index contributed by atoms with van der Waals surface area (Å²) in [6, 6.07) is 6.38. The molecule has 0 aromatic heterocycles. The first-order valence-electron chi connectivity index (χ1n) is 9.28. The second-order valence-corrected chi connectivity index (χ2v) is 9.25. The van der Waals surface area contributed by atoms with Crippen molar-refractivity contribution >= 4 is 21.6 Å². The van der Waals surface area contributed by atoms with Crippen LogP contribution in [0.1, 0.15) is 19.3 Å². The molecule has 1 aromatic carbocycles. The van der Waals surface area contributed by atoms with Crippen molar-refractivity contribution in [3.63, 3.8) is 0 Å². The van der Waals surface area contributed by atoms with Gasteiger partial charge < -0.3 is 20.7 Å². The van der Waals surface area contributed by atoms with Gasteiger partial charge in [-0.3, -0.25) is 4.79 Å². The maximum absolute atomic E-state index is 13.0. The zero-order valence-electron chi connectivity index (χ0n) is 15.7. The van der Waals surface area contributed by atoms with Gasteiger partial charge in [-0.1, -0.05) is 6.07 Å². The van der Waals surface area contributed by atoms with E-state index >= 15 is 0 Å². The number of hydrogen-bond donors (Lipinski definition) is 2. The number of nitrogens with zero attached hydrogens (tertiary/aromatic N) is 2. The Morgan fingerprint density at radius 3 is 2.67 bits per heavy atom. The summed E-state index contributed by atoms with van der Waals surface area (Å²) in [5.74, 6) is -0.309. The molecule has 1 amide bonds. The first-order chi connectivity index (χ1) is 12.8. The smallest absolute Gasteiger partial charge is 0.244 e. The van der Waals surface area contributed by atoms with Crippen LogP contribution in [0.5, 0.6) is 0 Å². The molecule has 0 radical (unpaired) electrons. The number of carbonyl (C=O) groups is 1. The number of sulfonamides is 1. The van der Waals surface area contributed by atoms with Gasteiger partial charge in [0, 0.05) is 38.5 Å². The highest BCUT2D eigenvalue weighted by Crippen LogP contribution is 2.23. The van der Waals surface area contributed by atoms with Crippen molar-refractivity contribution in [3.05, 3.63) is 24.3 Å². The lowest BCUT2D eigenvalue weighted by molar-refractivity contribution is -0.124. The highest BCUT2D eigenvalue weighted by atomic mass is 32.2. The number of hydrogen-bond acceptors (Lipinski definition) is 6. The molecule has 3 N–H and O–H groups in total. The van der Waals surface area contributed by atoms with Gasteiger partial charge in [-0.2, -0.15) is 4.31 Å². The van der Waals surface area contributed by atoms with Gasteiger partial charge in [0.05, 0.1) is 4.90 Å².